The van der Waals surface area contributed by atoms with Gasteiger partial charge in [-0.3, -0.25) is 0 Å². The molecule has 0 aliphatic rings. The van der Waals surface area contributed by atoms with E-state index >= 15 is 0 Å². The fourth-order valence-electron chi connectivity index (χ4n) is 2.11. The summed E-state index contributed by atoms with van der Waals surface area (Å²) < 4.78 is 5.19. The van der Waals surface area contributed by atoms with Gasteiger partial charge in [0.1, 0.15) is 11.5 Å². The van der Waals surface area contributed by atoms with Crippen LogP contribution in [0.4, 0.5) is 0 Å². The Kier molecular flexibility index (Phi) is 8.91. The third-order valence-electron chi connectivity index (χ3n) is 3.36. The molecule has 0 radical (unpaired) electrons. The van der Waals surface area contributed by atoms with E-state index in [1.807, 2.05) is 13.0 Å². The molecule has 0 aliphatic carbocycles. The number of ether oxygens (including phenoxy) is 1. The van der Waals surface area contributed by atoms with E-state index in [4.69, 9.17) is 4.74 Å². The number of nitrogens with one attached hydrogen (secondary N) is 2. The highest BCUT2D eigenvalue weighted by molar-refractivity contribution is 14.0. The topological polar surface area (TPSA) is 65.9 Å². The van der Waals surface area contributed by atoms with Crippen LogP contribution in [-0.4, -0.2) is 24.7 Å². The number of benzene rings is 1. The molecule has 132 valence electrons. The molecule has 2 rings (SSSR count). The van der Waals surface area contributed by atoms with Crippen LogP contribution in [-0.2, 0) is 6.54 Å². The van der Waals surface area contributed by atoms with Gasteiger partial charge in [0.25, 0.3) is 0 Å². The molecule has 1 aromatic heterocycles. The van der Waals surface area contributed by atoms with Gasteiger partial charge in [-0.2, -0.15) is 0 Å². The SMILES string of the molecule is CCNC(=NCc1cc(OC)ccc1O)NC(C)c1cccs1.I. The third-order valence-corrected chi connectivity index (χ3v) is 4.42. The molecule has 0 amide bonds. The minimum absolute atomic E-state index is 0. The van der Waals surface area contributed by atoms with Crippen LogP contribution in [0.5, 0.6) is 11.5 Å². The summed E-state index contributed by atoms with van der Waals surface area (Å²) >= 11 is 1.71. The Hall–Kier alpha value is -1.48. The smallest absolute Gasteiger partial charge is 0.192 e. The van der Waals surface area contributed by atoms with Gasteiger partial charge in [-0.25, -0.2) is 4.99 Å². The van der Waals surface area contributed by atoms with E-state index in [2.05, 4.69) is 34.0 Å². The maximum atomic E-state index is 9.94. The minimum Gasteiger partial charge on any atom is -0.508 e. The molecule has 0 spiro atoms. The quantitative estimate of drug-likeness (QED) is 0.347. The molecule has 2 aromatic rings. The number of guanidine groups is 1. The maximum Gasteiger partial charge on any atom is 0.192 e. The van der Waals surface area contributed by atoms with Gasteiger partial charge in [0.2, 0.25) is 0 Å². The van der Waals surface area contributed by atoms with Gasteiger partial charge in [0.05, 0.1) is 19.7 Å². The zero-order chi connectivity index (χ0) is 16.7. The minimum atomic E-state index is 0. The Labute approximate surface area is 164 Å². The molecular weight excluding hydrogens is 437 g/mol. The van der Waals surface area contributed by atoms with Crippen molar-refractivity contribution in [2.24, 2.45) is 4.99 Å². The molecule has 7 heteroatoms. The summed E-state index contributed by atoms with van der Waals surface area (Å²) in [6.45, 7) is 5.26. The van der Waals surface area contributed by atoms with Crippen molar-refractivity contribution in [1.29, 1.82) is 0 Å². The van der Waals surface area contributed by atoms with Gasteiger partial charge in [-0.1, -0.05) is 6.07 Å². The van der Waals surface area contributed by atoms with E-state index in [9.17, 15) is 5.11 Å². The lowest BCUT2D eigenvalue weighted by Gasteiger charge is -2.17. The molecule has 24 heavy (non-hydrogen) atoms. The van der Waals surface area contributed by atoms with Crippen LogP contribution in [0, 0.1) is 0 Å². The van der Waals surface area contributed by atoms with Crippen molar-refractivity contribution in [3.63, 3.8) is 0 Å². The van der Waals surface area contributed by atoms with Crippen LogP contribution in [0.2, 0.25) is 0 Å². The zero-order valence-electron chi connectivity index (χ0n) is 14.1. The van der Waals surface area contributed by atoms with E-state index < -0.39 is 0 Å². The first-order chi connectivity index (χ1) is 11.1. The number of aromatic hydroxyl groups is 1. The van der Waals surface area contributed by atoms with Crippen molar-refractivity contribution in [2.45, 2.75) is 26.4 Å². The Balaban J connectivity index is 0.00000288. The second-order valence-corrected chi connectivity index (χ2v) is 6.05. The molecule has 0 fully saturated rings. The Morgan fingerprint density at radius 2 is 2.17 bits per heavy atom. The van der Waals surface area contributed by atoms with Gasteiger partial charge in [0.15, 0.2) is 5.96 Å². The highest BCUT2D eigenvalue weighted by atomic mass is 127. The summed E-state index contributed by atoms with van der Waals surface area (Å²) in [6.07, 6.45) is 0. The fraction of sp³-hybridized carbons (Fsp3) is 0.353. The van der Waals surface area contributed by atoms with Gasteiger partial charge >= 0.3 is 0 Å². The maximum absolute atomic E-state index is 9.94. The number of nitrogens with zero attached hydrogens (tertiary/aromatic N) is 1. The summed E-state index contributed by atoms with van der Waals surface area (Å²) in [5.41, 5.74) is 0.727. The van der Waals surface area contributed by atoms with Crippen LogP contribution in [0.15, 0.2) is 40.7 Å². The first kappa shape index (κ1) is 20.6. The zero-order valence-corrected chi connectivity index (χ0v) is 17.2. The summed E-state index contributed by atoms with van der Waals surface area (Å²) in [4.78, 5) is 5.80. The summed E-state index contributed by atoms with van der Waals surface area (Å²) in [7, 11) is 1.60. The first-order valence-electron chi connectivity index (χ1n) is 7.58. The molecule has 1 aromatic carbocycles. The van der Waals surface area contributed by atoms with Crippen molar-refractivity contribution in [3.05, 3.63) is 46.2 Å². The van der Waals surface area contributed by atoms with Crippen LogP contribution in [0.1, 0.15) is 30.3 Å². The number of halogens is 1. The number of phenols is 1. The van der Waals surface area contributed by atoms with Crippen molar-refractivity contribution in [1.82, 2.24) is 10.6 Å². The average Bonchev–Trinajstić information content (AvgIpc) is 3.08. The predicted molar refractivity (Wildman–Crippen MR) is 111 cm³/mol. The summed E-state index contributed by atoms with van der Waals surface area (Å²) in [5.74, 6) is 1.64. The fourth-order valence-corrected chi connectivity index (χ4v) is 2.85. The highest BCUT2D eigenvalue weighted by Crippen LogP contribution is 2.23. The number of hydrogen-bond acceptors (Lipinski definition) is 4. The number of aliphatic imine (C=N–C) groups is 1. The number of phenolic OH excluding ortho intramolecular Hbond substituents is 1. The molecule has 5 nitrogen and oxygen atoms in total. The number of methoxy groups -OCH3 is 1. The molecule has 0 bridgehead atoms. The number of rotatable bonds is 6. The largest absolute Gasteiger partial charge is 0.508 e. The molecule has 3 N–H and O–H groups in total. The van der Waals surface area contributed by atoms with Gasteiger partial charge in [-0.15, -0.1) is 35.3 Å². The molecule has 1 heterocycles. The lowest BCUT2D eigenvalue weighted by atomic mass is 10.2. The lowest BCUT2D eigenvalue weighted by molar-refractivity contribution is 0.411. The van der Waals surface area contributed by atoms with E-state index in [1.165, 1.54) is 4.88 Å². The summed E-state index contributed by atoms with van der Waals surface area (Å²) in [6, 6.07) is 9.46. The standard InChI is InChI=1S/C17H23N3O2S.HI/c1-4-18-17(20-12(2)16-6-5-9-23-16)19-11-13-10-14(22-3)7-8-15(13)21;/h5-10,12,21H,4,11H2,1-3H3,(H2,18,19,20);1H. The average molecular weight is 461 g/mol. The van der Waals surface area contributed by atoms with Gasteiger partial charge in [0, 0.05) is 17.0 Å². The van der Waals surface area contributed by atoms with E-state index in [0.717, 1.165) is 18.1 Å². The Morgan fingerprint density at radius 1 is 1.38 bits per heavy atom. The van der Waals surface area contributed by atoms with E-state index in [0.29, 0.717) is 12.3 Å². The monoisotopic (exact) mass is 461 g/mol. The van der Waals surface area contributed by atoms with Crippen LogP contribution >= 0.6 is 35.3 Å². The highest BCUT2D eigenvalue weighted by Gasteiger charge is 2.09. The van der Waals surface area contributed by atoms with Crippen molar-refractivity contribution in [2.75, 3.05) is 13.7 Å². The summed E-state index contributed by atoms with van der Waals surface area (Å²) in [5, 5.41) is 18.6. The van der Waals surface area contributed by atoms with Crippen molar-refractivity contribution < 1.29 is 9.84 Å². The van der Waals surface area contributed by atoms with Gasteiger partial charge < -0.3 is 20.5 Å². The van der Waals surface area contributed by atoms with Crippen LogP contribution < -0.4 is 15.4 Å². The van der Waals surface area contributed by atoms with Crippen LogP contribution in [0.3, 0.4) is 0 Å². The number of hydrogen-bond donors (Lipinski definition) is 3. The Morgan fingerprint density at radius 3 is 2.79 bits per heavy atom. The number of thiophene rings is 1. The van der Waals surface area contributed by atoms with E-state index in [-0.39, 0.29) is 35.8 Å². The molecule has 0 saturated carbocycles. The van der Waals surface area contributed by atoms with Crippen LogP contribution in [0.25, 0.3) is 0 Å². The third kappa shape index (κ3) is 5.86. The van der Waals surface area contributed by atoms with E-state index in [1.54, 1.807) is 36.6 Å². The predicted octanol–water partition coefficient (Wildman–Crippen LogP) is 3.90. The second kappa shape index (κ2) is 10.4. The molecule has 0 aliphatic heterocycles. The molecule has 1 atom stereocenters. The van der Waals surface area contributed by atoms with Gasteiger partial charge in [-0.05, 0) is 43.5 Å². The van der Waals surface area contributed by atoms with Crippen molar-refractivity contribution >= 4 is 41.3 Å². The molecule has 0 saturated heterocycles. The Bertz CT molecular complexity index is 647. The van der Waals surface area contributed by atoms with Crippen molar-refractivity contribution in [3.8, 4) is 11.5 Å². The molecule has 1 unspecified atom stereocenters. The first-order valence-corrected chi connectivity index (χ1v) is 8.46. The lowest BCUT2D eigenvalue weighted by Crippen LogP contribution is -2.38. The molecular formula is C17H24IN3O2S. The second-order valence-electron chi connectivity index (χ2n) is 5.07. The normalized spacial score (nSPS) is 12.2.